The molecule has 0 saturated heterocycles. The Labute approximate surface area is 137 Å². The first kappa shape index (κ1) is 18.2. The topological polar surface area (TPSA) is 84.5 Å². The minimum Gasteiger partial charge on any atom is -0.455 e. The van der Waals surface area contributed by atoms with Crippen LogP contribution in [0.2, 0.25) is 0 Å². The van der Waals surface area contributed by atoms with E-state index in [2.05, 4.69) is 26.8 Å². The zero-order valence-corrected chi connectivity index (χ0v) is 14.1. The predicted molar refractivity (Wildman–Crippen MR) is 84.8 cm³/mol. The number of rotatable bonds is 6. The average molecular weight is 371 g/mol. The van der Waals surface area contributed by atoms with Crippen molar-refractivity contribution in [2.45, 2.75) is 26.7 Å². The molecule has 1 aromatic rings. The van der Waals surface area contributed by atoms with Crippen molar-refractivity contribution < 1.29 is 19.1 Å². The maximum atomic E-state index is 11.8. The van der Waals surface area contributed by atoms with E-state index in [1.54, 1.807) is 24.3 Å². The summed E-state index contributed by atoms with van der Waals surface area (Å²) in [5, 5.41) is 0. The Bertz CT molecular complexity index is 546. The van der Waals surface area contributed by atoms with Gasteiger partial charge in [0.1, 0.15) is 0 Å². The van der Waals surface area contributed by atoms with Crippen LogP contribution in [-0.4, -0.2) is 24.4 Å². The van der Waals surface area contributed by atoms with E-state index in [4.69, 9.17) is 4.74 Å². The van der Waals surface area contributed by atoms with E-state index in [1.807, 2.05) is 13.8 Å². The normalized spacial score (nSPS) is 10.2. The lowest BCUT2D eigenvalue weighted by molar-refractivity contribution is -0.148. The molecule has 0 heterocycles. The average Bonchev–Trinajstić information content (AvgIpc) is 2.48. The number of hydrogen-bond donors (Lipinski definition) is 2. The van der Waals surface area contributed by atoms with Crippen LogP contribution in [0.3, 0.4) is 0 Å². The van der Waals surface area contributed by atoms with Crippen LogP contribution in [0.15, 0.2) is 28.7 Å². The molecule has 0 spiro atoms. The second-order valence-corrected chi connectivity index (χ2v) is 5.93. The Morgan fingerprint density at radius 2 is 1.86 bits per heavy atom. The van der Waals surface area contributed by atoms with Gasteiger partial charge in [-0.15, -0.1) is 0 Å². The third kappa shape index (κ3) is 6.71. The Balaban J connectivity index is 2.30. The quantitative estimate of drug-likeness (QED) is 0.593. The van der Waals surface area contributed by atoms with Crippen molar-refractivity contribution in [1.82, 2.24) is 10.9 Å². The summed E-state index contributed by atoms with van der Waals surface area (Å²) in [6, 6.07) is 6.80. The number of amides is 2. The van der Waals surface area contributed by atoms with Crippen LogP contribution in [-0.2, 0) is 14.3 Å². The molecule has 2 N–H and O–H groups in total. The smallest absolute Gasteiger partial charge is 0.306 e. The van der Waals surface area contributed by atoms with Gasteiger partial charge in [0.25, 0.3) is 11.8 Å². The van der Waals surface area contributed by atoms with Crippen molar-refractivity contribution in [3.8, 4) is 0 Å². The summed E-state index contributed by atoms with van der Waals surface area (Å²) in [5.74, 6) is -1.10. The largest absolute Gasteiger partial charge is 0.455 e. The molecule has 6 nitrogen and oxygen atoms in total. The first-order valence-electron chi connectivity index (χ1n) is 6.89. The second kappa shape index (κ2) is 9.19. The highest BCUT2D eigenvalue weighted by Gasteiger charge is 2.12. The summed E-state index contributed by atoms with van der Waals surface area (Å²) in [4.78, 5) is 34.7. The molecule has 2 amide bonds. The first-order valence-corrected chi connectivity index (χ1v) is 7.68. The third-order valence-electron chi connectivity index (χ3n) is 2.72. The molecule has 0 fully saturated rings. The first-order chi connectivity index (χ1) is 10.4. The molecular formula is C15H19BrN2O4. The molecule has 0 saturated carbocycles. The maximum Gasteiger partial charge on any atom is 0.306 e. The van der Waals surface area contributed by atoms with E-state index in [0.29, 0.717) is 22.4 Å². The van der Waals surface area contributed by atoms with Crippen molar-refractivity contribution in [3.05, 3.63) is 34.3 Å². The van der Waals surface area contributed by atoms with Gasteiger partial charge in [-0.2, -0.15) is 0 Å². The lowest BCUT2D eigenvalue weighted by atomic mass is 10.1. The molecule has 0 aliphatic rings. The highest BCUT2D eigenvalue weighted by atomic mass is 79.9. The third-order valence-corrected chi connectivity index (χ3v) is 3.42. The van der Waals surface area contributed by atoms with Gasteiger partial charge in [0.2, 0.25) is 0 Å². The Kier molecular flexibility index (Phi) is 7.59. The summed E-state index contributed by atoms with van der Waals surface area (Å²) in [5.41, 5.74) is 4.83. The van der Waals surface area contributed by atoms with E-state index < -0.39 is 24.4 Å². The zero-order chi connectivity index (χ0) is 16.5. The fourth-order valence-electron chi connectivity index (χ4n) is 1.50. The number of carbonyl (C=O) groups excluding carboxylic acids is 3. The van der Waals surface area contributed by atoms with Crippen LogP contribution in [0.25, 0.3) is 0 Å². The predicted octanol–water partition coefficient (Wildman–Crippen LogP) is 2.19. The lowest BCUT2D eigenvalue weighted by Gasteiger charge is -2.09. The van der Waals surface area contributed by atoms with Gasteiger partial charge in [0.15, 0.2) is 6.61 Å². The molecule has 0 aliphatic carbocycles. The van der Waals surface area contributed by atoms with Gasteiger partial charge in [0.05, 0.1) is 5.56 Å². The van der Waals surface area contributed by atoms with E-state index >= 15 is 0 Å². The molecule has 7 heteroatoms. The van der Waals surface area contributed by atoms with Crippen molar-refractivity contribution in [1.29, 1.82) is 0 Å². The van der Waals surface area contributed by atoms with Gasteiger partial charge in [-0.25, -0.2) is 0 Å². The van der Waals surface area contributed by atoms with Gasteiger partial charge in [-0.1, -0.05) is 26.0 Å². The number of halogens is 1. The molecule has 120 valence electrons. The molecule has 0 aromatic heterocycles. The molecule has 1 rings (SSSR count). The highest BCUT2D eigenvalue weighted by molar-refractivity contribution is 9.10. The molecular weight excluding hydrogens is 352 g/mol. The summed E-state index contributed by atoms with van der Waals surface area (Å²) in [6.45, 7) is 3.57. The minimum absolute atomic E-state index is 0.272. The number of benzene rings is 1. The summed E-state index contributed by atoms with van der Waals surface area (Å²) < 4.78 is 5.42. The summed E-state index contributed by atoms with van der Waals surface area (Å²) in [6.07, 6.45) is 0.980. The van der Waals surface area contributed by atoms with Crippen LogP contribution in [0.1, 0.15) is 37.0 Å². The summed E-state index contributed by atoms with van der Waals surface area (Å²) >= 11 is 3.24. The van der Waals surface area contributed by atoms with Crippen LogP contribution in [0.5, 0.6) is 0 Å². The van der Waals surface area contributed by atoms with Gasteiger partial charge < -0.3 is 4.74 Å². The molecule has 1 aromatic carbocycles. The minimum atomic E-state index is -0.599. The summed E-state index contributed by atoms with van der Waals surface area (Å²) in [7, 11) is 0. The Morgan fingerprint density at radius 1 is 1.18 bits per heavy atom. The Hall–Kier alpha value is -1.89. The van der Waals surface area contributed by atoms with Crippen LogP contribution in [0.4, 0.5) is 0 Å². The maximum absolute atomic E-state index is 11.8. The zero-order valence-electron chi connectivity index (χ0n) is 12.5. The fourth-order valence-corrected chi connectivity index (χ4v) is 1.96. The van der Waals surface area contributed by atoms with Crippen molar-refractivity contribution in [2.75, 3.05) is 6.61 Å². The molecule has 0 aliphatic heterocycles. The fraction of sp³-hybridized carbons (Fsp3) is 0.400. The van der Waals surface area contributed by atoms with E-state index in [1.165, 1.54) is 0 Å². The number of hydrazine groups is 1. The highest BCUT2D eigenvalue weighted by Crippen LogP contribution is 2.15. The monoisotopic (exact) mass is 370 g/mol. The lowest BCUT2D eigenvalue weighted by Crippen LogP contribution is -2.43. The molecule has 22 heavy (non-hydrogen) atoms. The standard InChI is InChI=1S/C15H19BrN2O4/c1-10(2)7-8-14(20)22-9-13(19)17-18-15(21)11-5-3-4-6-12(11)16/h3-6,10H,7-9H2,1-2H3,(H,17,19)(H,18,21). The number of carbonyl (C=O) groups is 3. The SMILES string of the molecule is CC(C)CCC(=O)OCC(=O)NNC(=O)c1ccccc1Br. The molecule has 0 unspecified atom stereocenters. The van der Waals surface area contributed by atoms with Crippen molar-refractivity contribution in [3.63, 3.8) is 0 Å². The van der Waals surface area contributed by atoms with Crippen LogP contribution >= 0.6 is 15.9 Å². The van der Waals surface area contributed by atoms with Crippen LogP contribution < -0.4 is 10.9 Å². The van der Waals surface area contributed by atoms with E-state index in [-0.39, 0.29) is 6.42 Å². The number of nitrogens with one attached hydrogen (secondary N) is 2. The van der Waals surface area contributed by atoms with Crippen molar-refractivity contribution >= 4 is 33.7 Å². The van der Waals surface area contributed by atoms with Gasteiger partial charge >= 0.3 is 5.97 Å². The molecule has 0 bridgehead atoms. The van der Waals surface area contributed by atoms with Crippen LogP contribution in [0, 0.1) is 5.92 Å². The number of hydrogen-bond acceptors (Lipinski definition) is 4. The molecule has 0 atom stereocenters. The Morgan fingerprint density at radius 3 is 2.50 bits per heavy atom. The van der Waals surface area contributed by atoms with Gasteiger partial charge in [-0.3, -0.25) is 25.2 Å². The second-order valence-electron chi connectivity index (χ2n) is 5.08. The van der Waals surface area contributed by atoms with Crippen molar-refractivity contribution in [2.24, 2.45) is 5.92 Å². The number of esters is 1. The number of ether oxygens (including phenoxy) is 1. The van der Waals surface area contributed by atoms with E-state index in [0.717, 1.165) is 0 Å². The molecule has 0 radical (unpaired) electrons. The van der Waals surface area contributed by atoms with E-state index in [9.17, 15) is 14.4 Å². The van der Waals surface area contributed by atoms with Gasteiger partial charge in [0, 0.05) is 10.9 Å². The van der Waals surface area contributed by atoms with Gasteiger partial charge in [-0.05, 0) is 40.4 Å².